The van der Waals surface area contributed by atoms with Gasteiger partial charge in [0.1, 0.15) is 11.2 Å². The molecule has 0 atom stereocenters. The average Bonchev–Trinajstić information content (AvgIpc) is 3.82. The largest absolute Gasteiger partial charge is 0.456 e. The summed E-state index contributed by atoms with van der Waals surface area (Å²) in [7, 11) is 0. The number of hydrogen-bond donors (Lipinski definition) is 0. The van der Waals surface area contributed by atoms with Crippen LogP contribution < -0.4 is 9.80 Å². The number of fused-ring (bicyclic) bond motifs is 7. The molecule has 0 radical (unpaired) electrons. The molecule has 3 nitrogen and oxygen atoms in total. The van der Waals surface area contributed by atoms with E-state index in [4.69, 9.17) is 4.42 Å². The molecule has 4 heteroatoms. The molecule has 0 aliphatic heterocycles. The van der Waals surface area contributed by atoms with Gasteiger partial charge < -0.3 is 14.2 Å². The SMILES string of the molecule is Cc1cccc(N(c2cccc(-c3ccccc3)c2)c2ccc3sc4cc(N(c5ccc6ccccc6c5)c5ccc6oc7ccccc7c6c5)ccc4c3c2)c1. The normalized spacial score (nSPS) is 11.6. The molecule has 2 aromatic heterocycles. The van der Waals surface area contributed by atoms with Crippen molar-refractivity contribution in [2.45, 2.75) is 6.92 Å². The summed E-state index contributed by atoms with van der Waals surface area (Å²) in [6.45, 7) is 2.16. The van der Waals surface area contributed by atoms with Gasteiger partial charge in [0.2, 0.25) is 0 Å². The standard InChI is InChI=1S/C53H36N2OS/c1-35-11-9-17-40(29-35)54(41-18-10-16-39(30-41)36-12-3-2-4-13-36)44-25-28-52-49(33-44)47-26-23-45(34-53(47)57-52)55(42-22-21-37-14-5-6-15-38(37)31-42)43-24-27-51-48(32-43)46-19-7-8-20-50(46)56-51/h2-34H,1H3. The van der Waals surface area contributed by atoms with E-state index in [1.807, 2.05) is 23.5 Å². The number of para-hydroxylation sites is 1. The molecule has 0 saturated carbocycles. The van der Waals surface area contributed by atoms with Gasteiger partial charge in [-0.05, 0) is 125 Å². The predicted octanol–water partition coefficient (Wildman–Crippen LogP) is 16.0. The first-order valence-corrected chi connectivity index (χ1v) is 20.1. The zero-order valence-electron chi connectivity index (χ0n) is 31.3. The Morgan fingerprint density at radius 1 is 0.351 bits per heavy atom. The van der Waals surface area contributed by atoms with Crippen molar-refractivity contribution in [2.24, 2.45) is 0 Å². The summed E-state index contributed by atoms with van der Waals surface area (Å²) in [5, 5.41) is 7.15. The van der Waals surface area contributed by atoms with Crippen molar-refractivity contribution in [1.29, 1.82) is 0 Å². The zero-order chi connectivity index (χ0) is 37.9. The molecule has 0 fully saturated rings. The van der Waals surface area contributed by atoms with Gasteiger partial charge in [0.15, 0.2) is 0 Å². The lowest BCUT2D eigenvalue weighted by Crippen LogP contribution is -2.10. The van der Waals surface area contributed by atoms with Gasteiger partial charge in [-0.3, -0.25) is 0 Å². The Morgan fingerprint density at radius 3 is 1.82 bits per heavy atom. The van der Waals surface area contributed by atoms with Crippen molar-refractivity contribution in [3.05, 3.63) is 206 Å². The minimum atomic E-state index is 0.890. The maximum Gasteiger partial charge on any atom is 0.135 e. The molecule has 0 amide bonds. The highest BCUT2D eigenvalue weighted by molar-refractivity contribution is 7.25. The van der Waals surface area contributed by atoms with Crippen LogP contribution in [0.25, 0.3) is 64.0 Å². The van der Waals surface area contributed by atoms with Gasteiger partial charge >= 0.3 is 0 Å². The second-order valence-corrected chi connectivity index (χ2v) is 15.8. The number of aryl methyl sites for hydroxylation is 1. The van der Waals surface area contributed by atoms with Crippen LogP contribution >= 0.6 is 11.3 Å². The molecule has 57 heavy (non-hydrogen) atoms. The second kappa shape index (κ2) is 13.6. The van der Waals surface area contributed by atoms with E-state index >= 15 is 0 Å². The molecule has 0 aliphatic rings. The molecule has 270 valence electrons. The fraction of sp³-hybridized carbons (Fsp3) is 0.0189. The smallest absolute Gasteiger partial charge is 0.135 e. The summed E-state index contributed by atoms with van der Waals surface area (Å²) in [6, 6.07) is 72.2. The van der Waals surface area contributed by atoms with E-state index in [2.05, 4.69) is 205 Å². The average molecular weight is 749 g/mol. The summed E-state index contributed by atoms with van der Waals surface area (Å²) >= 11 is 1.85. The Bertz CT molecular complexity index is 3290. The highest BCUT2D eigenvalue weighted by Crippen LogP contribution is 2.45. The van der Waals surface area contributed by atoms with Crippen LogP contribution in [0.2, 0.25) is 0 Å². The van der Waals surface area contributed by atoms with Crippen molar-refractivity contribution in [3.8, 4) is 11.1 Å². The van der Waals surface area contributed by atoms with Crippen LogP contribution in [0.1, 0.15) is 5.56 Å². The van der Waals surface area contributed by atoms with E-state index < -0.39 is 0 Å². The lowest BCUT2D eigenvalue weighted by Gasteiger charge is -2.26. The molecular weight excluding hydrogens is 713 g/mol. The number of nitrogens with zero attached hydrogens (tertiary/aromatic N) is 2. The number of anilines is 6. The van der Waals surface area contributed by atoms with Crippen molar-refractivity contribution in [3.63, 3.8) is 0 Å². The maximum absolute atomic E-state index is 6.24. The van der Waals surface area contributed by atoms with Crippen molar-refractivity contribution in [2.75, 3.05) is 9.80 Å². The quantitative estimate of drug-likeness (QED) is 0.162. The number of rotatable bonds is 7. The molecule has 0 N–H and O–H groups in total. The molecule has 0 saturated heterocycles. The van der Waals surface area contributed by atoms with E-state index in [0.29, 0.717) is 0 Å². The predicted molar refractivity (Wildman–Crippen MR) is 244 cm³/mol. The molecule has 0 bridgehead atoms. The fourth-order valence-electron chi connectivity index (χ4n) is 8.32. The summed E-state index contributed by atoms with van der Waals surface area (Å²) in [6.07, 6.45) is 0. The summed E-state index contributed by atoms with van der Waals surface area (Å²) in [5.74, 6) is 0. The Balaban J connectivity index is 1.05. The van der Waals surface area contributed by atoms with Gasteiger partial charge in [-0.15, -0.1) is 11.3 Å². The van der Waals surface area contributed by atoms with Crippen LogP contribution in [-0.4, -0.2) is 0 Å². The third kappa shape index (κ3) is 5.90. The number of benzene rings is 9. The Hall–Kier alpha value is -7.14. The topological polar surface area (TPSA) is 19.6 Å². The summed E-state index contributed by atoms with van der Waals surface area (Å²) < 4.78 is 8.75. The van der Waals surface area contributed by atoms with Gasteiger partial charge in [-0.1, -0.05) is 109 Å². The van der Waals surface area contributed by atoms with Crippen molar-refractivity contribution < 1.29 is 4.42 Å². The second-order valence-electron chi connectivity index (χ2n) is 14.7. The van der Waals surface area contributed by atoms with E-state index in [9.17, 15) is 0 Å². The minimum absolute atomic E-state index is 0.890. The first-order chi connectivity index (χ1) is 28.1. The Kier molecular flexibility index (Phi) is 7.90. The van der Waals surface area contributed by atoms with Gasteiger partial charge in [0.25, 0.3) is 0 Å². The first-order valence-electron chi connectivity index (χ1n) is 19.3. The molecule has 9 aromatic carbocycles. The van der Waals surface area contributed by atoms with E-state index in [0.717, 1.165) is 56.1 Å². The molecule has 11 aromatic rings. The van der Waals surface area contributed by atoms with Crippen molar-refractivity contribution >= 4 is 98.3 Å². The van der Waals surface area contributed by atoms with Crippen molar-refractivity contribution in [1.82, 2.24) is 0 Å². The Morgan fingerprint density at radius 2 is 0.965 bits per heavy atom. The lowest BCUT2D eigenvalue weighted by atomic mass is 10.0. The van der Waals surface area contributed by atoms with Crippen LogP contribution in [0.15, 0.2) is 205 Å². The minimum Gasteiger partial charge on any atom is -0.456 e. The van der Waals surface area contributed by atoms with Gasteiger partial charge in [0.05, 0.1) is 0 Å². The summed E-state index contributed by atoms with van der Waals surface area (Å²) in [5.41, 5.74) is 12.1. The third-order valence-corrected chi connectivity index (χ3v) is 12.2. The van der Waals surface area contributed by atoms with E-state index in [1.54, 1.807) is 0 Å². The number of hydrogen-bond acceptors (Lipinski definition) is 4. The molecule has 0 spiro atoms. The van der Waals surface area contributed by atoms with Crippen LogP contribution in [0.3, 0.4) is 0 Å². The summed E-state index contributed by atoms with van der Waals surface area (Å²) in [4.78, 5) is 4.76. The van der Waals surface area contributed by atoms with E-state index in [1.165, 1.54) is 47.6 Å². The van der Waals surface area contributed by atoms with Gasteiger partial charge in [-0.2, -0.15) is 0 Å². The van der Waals surface area contributed by atoms with Gasteiger partial charge in [-0.25, -0.2) is 0 Å². The fourth-order valence-corrected chi connectivity index (χ4v) is 9.44. The third-order valence-electron chi connectivity index (χ3n) is 11.0. The zero-order valence-corrected chi connectivity index (χ0v) is 32.1. The molecule has 11 rings (SSSR count). The van der Waals surface area contributed by atoms with Crippen LogP contribution in [0, 0.1) is 6.92 Å². The molecule has 0 unspecified atom stereocenters. The highest BCUT2D eigenvalue weighted by atomic mass is 32.1. The van der Waals surface area contributed by atoms with Crippen LogP contribution in [0.5, 0.6) is 0 Å². The molecular formula is C53H36N2OS. The van der Waals surface area contributed by atoms with Crippen LogP contribution in [-0.2, 0) is 0 Å². The molecule has 0 aliphatic carbocycles. The van der Waals surface area contributed by atoms with E-state index in [-0.39, 0.29) is 0 Å². The number of thiophene rings is 1. The Labute approximate surface area is 334 Å². The maximum atomic E-state index is 6.24. The van der Waals surface area contributed by atoms with Gasteiger partial charge in [0, 0.05) is 65.1 Å². The van der Waals surface area contributed by atoms with Crippen LogP contribution in [0.4, 0.5) is 34.1 Å². The molecule has 2 heterocycles. The lowest BCUT2D eigenvalue weighted by molar-refractivity contribution is 0.669. The monoisotopic (exact) mass is 748 g/mol. The first kappa shape index (κ1) is 33.2. The number of furan rings is 1. The highest BCUT2D eigenvalue weighted by Gasteiger charge is 2.19.